The molecule has 2 aliphatic heterocycles. The third-order valence-corrected chi connectivity index (χ3v) is 2.08. The maximum atomic E-state index is 5.00. The third-order valence-electron chi connectivity index (χ3n) is 2.08. The normalized spacial score (nSPS) is 22.1. The van der Waals surface area contributed by atoms with Gasteiger partial charge in [0.1, 0.15) is 25.3 Å². The molecule has 2 N–H and O–H groups in total. The van der Waals surface area contributed by atoms with E-state index in [1.807, 2.05) is 0 Å². The van der Waals surface area contributed by atoms with Crippen LogP contribution in [0.4, 0.5) is 0 Å². The molecule has 2 saturated heterocycles. The summed E-state index contributed by atoms with van der Waals surface area (Å²) >= 11 is 0. The lowest BCUT2D eigenvalue weighted by molar-refractivity contribution is -0.858. The Morgan fingerprint density at radius 2 is 1.00 bits per heavy atom. The summed E-state index contributed by atoms with van der Waals surface area (Å²) in [6, 6.07) is 0. The molecule has 0 aromatic rings. The van der Waals surface area contributed by atoms with Crippen LogP contribution in [0.2, 0.25) is 0 Å². The maximum Gasteiger partial charge on any atom is 0.130 e. The number of hydrogen-bond acceptors (Lipinski definition) is 2. The van der Waals surface area contributed by atoms with E-state index < -0.39 is 0 Å². The van der Waals surface area contributed by atoms with Gasteiger partial charge >= 0.3 is 0 Å². The highest BCUT2D eigenvalue weighted by atomic mass is 35.5. The molecule has 2 atom stereocenters. The van der Waals surface area contributed by atoms with E-state index in [-0.39, 0.29) is 24.8 Å². The van der Waals surface area contributed by atoms with Gasteiger partial charge in [0.2, 0.25) is 0 Å². The Labute approximate surface area is 131 Å². The summed E-state index contributed by atoms with van der Waals surface area (Å²) in [5.41, 5.74) is 0. The van der Waals surface area contributed by atoms with Gasteiger partial charge in [-0.15, -0.1) is 0 Å². The molecular formula is C13H32Cl2N2O2. The molecule has 2 fully saturated rings. The van der Waals surface area contributed by atoms with Gasteiger partial charge in [0.15, 0.2) is 0 Å². The average molecular weight is 319 g/mol. The Kier molecular flexibility index (Phi) is 19.1. The van der Waals surface area contributed by atoms with Crippen LogP contribution < -0.4 is 34.6 Å². The van der Waals surface area contributed by atoms with E-state index in [1.54, 1.807) is 0 Å². The number of ether oxygens (including phenoxy) is 2. The van der Waals surface area contributed by atoms with Gasteiger partial charge in [0.25, 0.3) is 0 Å². The molecule has 19 heavy (non-hydrogen) atoms. The van der Waals surface area contributed by atoms with Crippen molar-refractivity contribution >= 4 is 0 Å². The Balaban J connectivity index is -0.000000207. The fraction of sp³-hybridized carbons (Fsp3) is 1.00. The minimum Gasteiger partial charge on any atom is -1.00 e. The number of halogens is 2. The van der Waals surface area contributed by atoms with Crippen LogP contribution in [-0.4, -0.2) is 66.7 Å². The largest absolute Gasteiger partial charge is 1.00 e. The van der Waals surface area contributed by atoms with E-state index >= 15 is 0 Å². The molecular weight excluding hydrogens is 287 g/mol. The first-order valence-electron chi connectivity index (χ1n) is 6.80. The van der Waals surface area contributed by atoms with Crippen LogP contribution in [-0.2, 0) is 9.47 Å². The second-order valence-corrected chi connectivity index (χ2v) is 5.44. The summed E-state index contributed by atoms with van der Waals surface area (Å²) < 4.78 is 10.00. The third kappa shape index (κ3) is 23.9. The SMILES string of the molecule is CCC.C[NH+](C)CC1CO1.C[NH+](C)CC1CO1.[Cl-].[Cl-]. The van der Waals surface area contributed by atoms with Crippen molar-refractivity contribution in [3.63, 3.8) is 0 Å². The van der Waals surface area contributed by atoms with Gasteiger partial charge in [-0.2, -0.15) is 0 Å². The monoisotopic (exact) mass is 318 g/mol. The van der Waals surface area contributed by atoms with Gasteiger partial charge in [-0.1, -0.05) is 20.3 Å². The van der Waals surface area contributed by atoms with Crippen LogP contribution in [0.5, 0.6) is 0 Å². The molecule has 0 bridgehead atoms. The van der Waals surface area contributed by atoms with Gasteiger partial charge in [-0.3, -0.25) is 0 Å². The van der Waals surface area contributed by atoms with Crippen molar-refractivity contribution in [3.8, 4) is 0 Å². The molecule has 0 spiro atoms. The highest BCUT2D eigenvalue weighted by Gasteiger charge is 2.25. The van der Waals surface area contributed by atoms with Crippen molar-refractivity contribution < 1.29 is 44.1 Å². The molecule has 120 valence electrons. The second kappa shape index (κ2) is 14.8. The Hall–Kier alpha value is 0.420. The van der Waals surface area contributed by atoms with E-state index in [4.69, 9.17) is 9.47 Å². The minimum absolute atomic E-state index is 0. The first-order valence-corrected chi connectivity index (χ1v) is 6.80. The molecule has 4 nitrogen and oxygen atoms in total. The lowest BCUT2D eigenvalue weighted by atomic mass is 10.5. The molecule has 2 aliphatic rings. The highest BCUT2D eigenvalue weighted by Crippen LogP contribution is 2.04. The quantitative estimate of drug-likeness (QED) is 0.505. The van der Waals surface area contributed by atoms with E-state index in [2.05, 4.69) is 42.0 Å². The van der Waals surface area contributed by atoms with Gasteiger partial charge in [-0.05, 0) is 0 Å². The van der Waals surface area contributed by atoms with Gasteiger partial charge < -0.3 is 44.1 Å². The van der Waals surface area contributed by atoms with E-state index in [0.717, 1.165) is 13.2 Å². The molecule has 0 aromatic carbocycles. The van der Waals surface area contributed by atoms with Gasteiger partial charge in [0.05, 0.1) is 41.4 Å². The lowest BCUT2D eigenvalue weighted by Crippen LogP contribution is -3.06. The maximum absolute atomic E-state index is 5.00. The zero-order valence-electron chi connectivity index (χ0n) is 13.3. The van der Waals surface area contributed by atoms with Crippen LogP contribution in [0.1, 0.15) is 20.3 Å². The predicted octanol–water partition coefficient (Wildman–Crippen LogP) is -7.52. The first kappa shape index (κ1) is 24.4. The van der Waals surface area contributed by atoms with Crippen molar-refractivity contribution in [2.45, 2.75) is 32.5 Å². The van der Waals surface area contributed by atoms with Gasteiger partial charge in [-0.25, -0.2) is 0 Å². The molecule has 2 heterocycles. The zero-order chi connectivity index (χ0) is 13.3. The molecule has 0 amide bonds. The molecule has 0 saturated carbocycles. The molecule has 0 aliphatic carbocycles. The second-order valence-electron chi connectivity index (χ2n) is 5.44. The van der Waals surface area contributed by atoms with Crippen LogP contribution in [0, 0.1) is 0 Å². The molecule has 2 rings (SSSR count). The van der Waals surface area contributed by atoms with Crippen LogP contribution >= 0.6 is 0 Å². The first-order chi connectivity index (χ1) is 7.99. The van der Waals surface area contributed by atoms with Crippen LogP contribution in [0.25, 0.3) is 0 Å². The van der Waals surface area contributed by atoms with Crippen LogP contribution in [0.3, 0.4) is 0 Å². The lowest BCUT2D eigenvalue weighted by Gasteiger charge is -2.01. The number of epoxide rings is 2. The molecule has 2 unspecified atom stereocenters. The molecule has 6 heteroatoms. The number of nitrogens with one attached hydrogen (secondary N) is 2. The minimum atomic E-state index is 0. The summed E-state index contributed by atoms with van der Waals surface area (Å²) in [5, 5.41) is 0. The predicted molar refractivity (Wildman–Crippen MR) is 70.8 cm³/mol. The van der Waals surface area contributed by atoms with E-state index in [0.29, 0.717) is 12.2 Å². The molecule has 0 radical (unpaired) electrons. The standard InChI is InChI=1S/2C5H11NO.C3H8.2ClH/c2*1-6(2)3-5-4-7-5;1-3-2;;/h2*5H,3-4H2,1-2H3;3H2,1-2H3;2*1H. The Bertz CT molecular complexity index is 158. The number of rotatable bonds is 4. The van der Waals surface area contributed by atoms with Crippen molar-refractivity contribution in [2.75, 3.05) is 54.5 Å². The fourth-order valence-electron chi connectivity index (χ4n) is 1.28. The smallest absolute Gasteiger partial charge is 0.130 e. The van der Waals surface area contributed by atoms with Gasteiger partial charge in [0, 0.05) is 0 Å². The van der Waals surface area contributed by atoms with E-state index in [9.17, 15) is 0 Å². The molecule has 0 aromatic heterocycles. The van der Waals surface area contributed by atoms with Crippen LogP contribution in [0.15, 0.2) is 0 Å². The summed E-state index contributed by atoms with van der Waals surface area (Å²) in [5.74, 6) is 0. The van der Waals surface area contributed by atoms with E-state index in [1.165, 1.54) is 29.3 Å². The summed E-state index contributed by atoms with van der Waals surface area (Å²) in [6.07, 6.45) is 2.43. The summed E-state index contributed by atoms with van der Waals surface area (Å²) in [6.45, 7) is 8.57. The van der Waals surface area contributed by atoms with Crippen molar-refractivity contribution in [1.82, 2.24) is 0 Å². The Morgan fingerprint density at radius 3 is 1.05 bits per heavy atom. The number of quaternary nitrogens is 2. The van der Waals surface area contributed by atoms with Crippen molar-refractivity contribution in [2.24, 2.45) is 0 Å². The summed E-state index contributed by atoms with van der Waals surface area (Å²) in [4.78, 5) is 2.95. The average Bonchev–Trinajstić information content (AvgIpc) is 3.01. The van der Waals surface area contributed by atoms with Crippen molar-refractivity contribution in [1.29, 1.82) is 0 Å². The van der Waals surface area contributed by atoms with Crippen molar-refractivity contribution in [3.05, 3.63) is 0 Å². The summed E-state index contributed by atoms with van der Waals surface area (Å²) in [7, 11) is 8.56. The fourth-order valence-corrected chi connectivity index (χ4v) is 1.28. The number of hydrogen-bond donors (Lipinski definition) is 2. The zero-order valence-corrected chi connectivity index (χ0v) is 14.8. The number of likely N-dealkylation sites (N-methyl/N-ethyl adjacent to an activating group) is 2. The highest BCUT2D eigenvalue weighted by molar-refractivity contribution is 4.65. The Morgan fingerprint density at radius 1 is 0.789 bits per heavy atom. The topological polar surface area (TPSA) is 33.9 Å².